The minimum atomic E-state index is 0.613. The molecule has 0 bridgehead atoms. The molecular weight excluding hydrogens is 138 g/mol. The van der Waals surface area contributed by atoms with E-state index in [2.05, 4.69) is 31.2 Å². The molecule has 0 aliphatic carbocycles. The molecule has 0 aromatic rings. The minimum Gasteiger partial charge on any atom is -0.312 e. The van der Waals surface area contributed by atoms with Crippen molar-refractivity contribution >= 4 is 5.84 Å². The van der Waals surface area contributed by atoms with Gasteiger partial charge in [-0.25, -0.2) is 5.84 Å². The Kier molecular flexibility index (Phi) is 5.84. The highest BCUT2D eigenvalue weighted by Crippen LogP contribution is 1.99. The number of hydrogen-bond donors (Lipinski definition) is 2. The van der Waals surface area contributed by atoms with Gasteiger partial charge in [0.1, 0.15) is 5.84 Å². The van der Waals surface area contributed by atoms with Crippen LogP contribution in [0.15, 0.2) is 4.99 Å². The second kappa shape index (κ2) is 6.16. The molecule has 0 heterocycles. The van der Waals surface area contributed by atoms with Crippen LogP contribution in [0.1, 0.15) is 33.6 Å². The van der Waals surface area contributed by atoms with Crippen LogP contribution in [0.25, 0.3) is 0 Å². The molecule has 0 radical (unpaired) electrons. The van der Waals surface area contributed by atoms with Crippen LogP contribution in [0.2, 0.25) is 0 Å². The summed E-state index contributed by atoms with van der Waals surface area (Å²) in [6.07, 6.45) is 2.01. The zero-order chi connectivity index (χ0) is 8.69. The van der Waals surface area contributed by atoms with E-state index < -0.39 is 0 Å². The highest BCUT2D eigenvalue weighted by Gasteiger charge is 1.99. The Bertz CT molecular complexity index is 119. The maximum atomic E-state index is 5.28. The zero-order valence-corrected chi connectivity index (χ0v) is 7.72. The van der Waals surface area contributed by atoms with Gasteiger partial charge in [-0.2, -0.15) is 0 Å². The van der Waals surface area contributed by atoms with E-state index in [4.69, 9.17) is 5.84 Å². The standard InChI is InChI=1S/C8H19N3/c1-4-5-10-8(11-9)6-7(2)3/h7H,4-6,9H2,1-3H3,(H,10,11). The first-order valence-corrected chi connectivity index (χ1v) is 4.20. The fourth-order valence-corrected chi connectivity index (χ4v) is 0.803. The van der Waals surface area contributed by atoms with Crippen molar-refractivity contribution in [1.82, 2.24) is 5.43 Å². The van der Waals surface area contributed by atoms with Crippen LogP contribution >= 0.6 is 0 Å². The van der Waals surface area contributed by atoms with E-state index in [0.717, 1.165) is 25.2 Å². The normalized spacial score (nSPS) is 12.3. The molecule has 3 N–H and O–H groups in total. The highest BCUT2D eigenvalue weighted by atomic mass is 15.2. The average Bonchev–Trinajstić information content (AvgIpc) is 1.97. The second-order valence-electron chi connectivity index (χ2n) is 3.07. The zero-order valence-electron chi connectivity index (χ0n) is 7.72. The Morgan fingerprint density at radius 3 is 2.55 bits per heavy atom. The molecule has 11 heavy (non-hydrogen) atoms. The lowest BCUT2D eigenvalue weighted by molar-refractivity contribution is 0.666. The topological polar surface area (TPSA) is 50.4 Å². The van der Waals surface area contributed by atoms with Gasteiger partial charge >= 0.3 is 0 Å². The van der Waals surface area contributed by atoms with Gasteiger partial charge in [0, 0.05) is 13.0 Å². The summed E-state index contributed by atoms with van der Waals surface area (Å²) in [6.45, 7) is 7.27. The summed E-state index contributed by atoms with van der Waals surface area (Å²) < 4.78 is 0. The fraction of sp³-hybridized carbons (Fsp3) is 0.875. The number of nitrogens with zero attached hydrogens (tertiary/aromatic N) is 1. The Labute approximate surface area is 69.0 Å². The summed E-state index contributed by atoms with van der Waals surface area (Å²) in [5.41, 5.74) is 2.62. The lowest BCUT2D eigenvalue weighted by atomic mass is 10.1. The molecule has 0 aliphatic rings. The number of rotatable bonds is 4. The van der Waals surface area contributed by atoms with Gasteiger partial charge < -0.3 is 5.43 Å². The van der Waals surface area contributed by atoms with Crippen LogP contribution in [0, 0.1) is 5.92 Å². The van der Waals surface area contributed by atoms with E-state index in [1.807, 2.05) is 0 Å². The molecule has 0 rings (SSSR count). The molecular formula is C8H19N3. The first-order chi connectivity index (χ1) is 5.20. The van der Waals surface area contributed by atoms with Crippen LogP contribution in [0.4, 0.5) is 0 Å². The van der Waals surface area contributed by atoms with Gasteiger partial charge in [-0.15, -0.1) is 0 Å². The summed E-state index contributed by atoms with van der Waals surface area (Å²) in [4.78, 5) is 4.28. The average molecular weight is 157 g/mol. The van der Waals surface area contributed by atoms with E-state index in [1.165, 1.54) is 0 Å². The van der Waals surface area contributed by atoms with E-state index in [1.54, 1.807) is 0 Å². The Morgan fingerprint density at radius 2 is 2.18 bits per heavy atom. The molecule has 0 unspecified atom stereocenters. The van der Waals surface area contributed by atoms with Crippen molar-refractivity contribution in [1.29, 1.82) is 0 Å². The van der Waals surface area contributed by atoms with Crippen molar-refractivity contribution in [2.75, 3.05) is 6.54 Å². The van der Waals surface area contributed by atoms with Gasteiger partial charge in [0.15, 0.2) is 0 Å². The van der Waals surface area contributed by atoms with Crippen LogP contribution in [-0.2, 0) is 0 Å². The van der Waals surface area contributed by atoms with Gasteiger partial charge in [-0.05, 0) is 12.3 Å². The number of aliphatic imine (C=N–C) groups is 1. The first kappa shape index (κ1) is 10.4. The van der Waals surface area contributed by atoms with Gasteiger partial charge in [0.05, 0.1) is 0 Å². The number of hydrazine groups is 1. The molecule has 0 saturated carbocycles. The van der Waals surface area contributed by atoms with E-state index in [-0.39, 0.29) is 0 Å². The second-order valence-corrected chi connectivity index (χ2v) is 3.07. The van der Waals surface area contributed by atoms with Crippen molar-refractivity contribution in [3.63, 3.8) is 0 Å². The predicted molar refractivity (Wildman–Crippen MR) is 49.4 cm³/mol. The summed E-state index contributed by atoms with van der Waals surface area (Å²) >= 11 is 0. The smallest absolute Gasteiger partial charge is 0.110 e. The number of hydrogen-bond acceptors (Lipinski definition) is 2. The fourth-order valence-electron chi connectivity index (χ4n) is 0.803. The predicted octanol–water partition coefficient (Wildman–Crippen LogP) is 1.30. The maximum Gasteiger partial charge on any atom is 0.110 e. The van der Waals surface area contributed by atoms with Gasteiger partial charge in [-0.3, -0.25) is 4.99 Å². The molecule has 0 amide bonds. The molecule has 0 spiro atoms. The summed E-state index contributed by atoms with van der Waals surface area (Å²) in [5.74, 6) is 6.81. The third-order valence-electron chi connectivity index (χ3n) is 1.29. The van der Waals surface area contributed by atoms with Crippen molar-refractivity contribution in [3.05, 3.63) is 0 Å². The lowest BCUT2D eigenvalue weighted by Crippen LogP contribution is -2.31. The molecule has 0 aromatic carbocycles. The van der Waals surface area contributed by atoms with Gasteiger partial charge in [-0.1, -0.05) is 20.8 Å². The summed E-state index contributed by atoms with van der Waals surface area (Å²) in [7, 11) is 0. The molecule has 0 atom stereocenters. The quantitative estimate of drug-likeness (QED) is 0.280. The third-order valence-corrected chi connectivity index (χ3v) is 1.29. The molecule has 0 aromatic heterocycles. The van der Waals surface area contributed by atoms with Crippen LogP contribution in [0.3, 0.4) is 0 Å². The van der Waals surface area contributed by atoms with Gasteiger partial charge in [0.25, 0.3) is 0 Å². The monoisotopic (exact) mass is 157 g/mol. The largest absolute Gasteiger partial charge is 0.312 e. The Morgan fingerprint density at radius 1 is 1.55 bits per heavy atom. The molecule has 66 valence electrons. The van der Waals surface area contributed by atoms with Crippen molar-refractivity contribution in [2.45, 2.75) is 33.6 Å². The minimum absolute atomic E-state index is 0.613. The number of nitrogens with one attached hydrogen (secondary N) is 1. The number of amidine groups is 1. The molecule has 0 fully saturated rings. The van der Waals surface area contributed by atoms with E-state index in [0.29, 0.717) is 5.92 Å². The van der Waals surface area contributed by atoms with Crippen molar-refractivity contribution in [3.8, 4) is 0 Å². The first-order valence-electron chi connectivity index (χ1n) is 4.20. The SMILES string of the molecule is CCCN=C(CC(C)C)NN. The van der Waals surface area contributed by atoms with Crippen LogP contribution < -0.4 is 11.3 Å². The lowest BCUT2D eigenvalue weighted by Gasteiger charge is -2.07. The Balaban J connectivity index is 3.73. The van der Waals surface area contributed by atoms with E-state index in [9.17, 15) is 0 Å². The van der Waals surface area contributed by atoms with Crippen LogP contribution in [-0.4, -0.2) is 12.4 Å². The van der Waals surface area contributed by atoms with Crippen molar-refractivity contribution in [2.24, 2.45) is 16.8 Å². The molecule has 0 saturated heterocycles. The molecule has 3 nitrogen and oxygen atoms in total. The third kappa shape index (κ3) is 5.85. The van der Waals surface area contributed by atoms with Crippen LogP contribution in [0.5, 0.6) is 0 Å². The summed E-state index contributed by atoms with van der Waals surface area (Å²) in [6, 6.07) is 0. The molecule has 3 heteroatoms. The highest BCUT2D eigenvalue weighted by molar-refractivity contribution is 5.81. The summed E-state index contributed by atoms with van der Waals surface area (Å²) in [5, 5.41) is 0. The maximum absolute atomic E-state index is 5.28. The Hall–Kier alpha value is -0.570. The van der Waals surface area contributed by atoms with Gasteiger partial charge in [0.2, 0.25) is 0 Å². The van der Waals surface area contributed by atoms with Crippen molar-refractivity contribution < 1.29 is 0 Å². The van der Waals surface area contributed by atoms with E-state index >= 15 is 0 Å². The number of nitrogens with two attached hydrogens (primary N) is 1. The molecule has 0 aliphatic heterocycles.